The lowest BCUT2D eigenvalue weighted by Gasteiger charge is -2.24. The molecule has 0 aromatic heterocycles. The van der Waals surface area contributed by atoms with Crippen molar-refractivity contribution in [3.05, 3.63) is 59.1 Å². The first-order chi connectivity index (χ1) is 11.4. The van der Waals surface area contributed by atoms with Crippen molar-refractivity contribution in [2.45, 2.75) is 19.3 Å². The minimum absolute atomic E-state index is 0.0526. The number of benzene rings is 2. The molecule has 4 nitrogen and oxygen atoms in total. The van der Waals surface area contributed by atoms with Gasteiger partial charge in [0.05, 0.1) is 19.1 Å². The summed E-state index contributed by atoms with van der Waals surface area (Å²) in [7, 11) is 1.62. The molecule has 0 heterocycles. The molecule has 2 aromatic rings. The standard InChI is InChI=1S/C19H22ClNO3/c1-19(2,14-4-6-15(20)7-5-14)18(22)21-12-13-24-17-10-8-16(23-3)9-11-17/h4-11H,12-13H2,1-3H3,(H,21,22). The Kier molecular flexibility index (Phi) is 6.10. The average molecular weight is 348 g/mol. The number of nitrogens with one attached hydrogen (secondary N) is 1. The van der Waals surface area contributed by atoms with E-state index in [0.29, 0.717) is 18.2 Å². The average Bonchev–Trinajstić information content (AvgIpc) is 2.59. The molecule has 0 radical (unpaired) electrons. The lowest BCUT2D eigenvalue weighted by molar-refractivity contribution is -0.125. The first kappa shape index (κ1) is 18.1. The van der Waals surface area contributed by atoms with Gasteiger partial charge in [0.1, 0.15) is 18.1 Å². The van der Waals surface area contributed by atoms with Crippen LogP contribution in [-0.4, -0.2) is 26.2 Å². The molecule has 0 aliphatic heterocycles. The van der Waals surface area contributed by atoms with Crippen molar-refractivity contribution in [3.8, 4) is 11.5 Å². The SMILES string of the molecule is COc1ccc(OCCNC(=O)C(C)(C)c2ccc(Cl)cc2)cc1. The molecule has 0 unspecified atom stereocenters. The van der Waals surface area contributed by atoms with Crippen LogP contribution in [0.3, 0.4) is 0 Å². The Morgan fingerprint density at radius 2 is 1.62 bits per heavy atom. The Hall–Kier alpha value is -2.20. The summed E-state index contributed by atoms with van der Waals surface area (Å²) in [4.78, 5) is 12.4. The Bertz CT molecular complexity index is 666. The molecule has 1 amide bonds. The molecule has 0 aliphatic carbocycles. The van der Waals surface area contributed by atoms with Crippen LogP contribution in [0.25, 0.3) is 0 Å². The van der Waals surface area contributed by atoms with Gasteiger partial charge in [-0.2, -0.15) is 0 Å². The molecular formula is C19H22ClNO3. The molecule has 2 aromatic carbocycles. The van der Waals surface area contributed by atoms with Gasteiger partial charge < -0.3 is 14.8 Å². The minimum atomic E-state index is -0.634. The van der Waals surface area contributed by atoms with E-state index in [1.807, 2.05) is 50.2 Å². The lowest BCUT2D eigenvalue weighted by Crippen LogP contribution is -2.41. The maximum absolute atomic E-state index is 12.4. The smallest absolute Gasteiger partial charge is 0.230 e. The molecule has 0 atom stereocenters. The lowest BCUT2D eigenvalue weighted by atomic mass is 9.84. The number of carbonyl (C=O) groups is 1. The zero-order chi connectivity index (χ0) is 17.6. The number of rotatable bonds is 7. The number of methoxy groups -OCH3 is 1. The minimum Gasteiger partial charge on any atom is -0.497 e. The maximum Gasteiger partial charge on any atom is 0.230 e. The summed E-state index contributed by atoms with van der Waals surface area (Å²) in [5, 5.41) is 3.56. The maximum atomic E-state index is 12.4. The summed E-state index contributed by atoms with van der Waals surface area (Å²) in [5.74, 6) is 1.46. The molecule has 0 saturated heterocycles. The quantitative estimate of drug-likeness (QED) is 0.774. The van der Waals surface area contributed by atoms with Crippen LogP contribution in [0, 0.1) is 0 Å². The Morgan fingerprint density at radius 1 is 1.04 bits per heavy atom. The third-order valence-corrected chi connectivity index (χ3v) is 4.10. The van der Waals surface area contributed by atoms with Crippen LogP contribution in [0.1, 0.15) is 19.4 Å². The van der Waals surface area contributed by atoms with Crippen LogP contribution in [0.15, 0.2) is 48.5 Å². The third kappa shape index (κ3) is 4.65. The van der Waals surface area contributed by atoms with E-state index in [1.165, 1.54) is 0 Å². The van der Waals surface area contributed by atoms with Gasteiger partial charge in [-0.3, -0.25) is 4.79 Å². The van der Waals surface area contributed by atoms with Gasteiger partial charge in [0.15, 0.2) is 0 Å². The van der Waals surface area contributed by atoms with Crippen LogP contribution < -0.4 is 14.8 Å². The number of hydrogen-bond acceptors (Lipinski definition) is 3. The highest BCUT2D eigenvalue weighted by molar-refractivity contribution is 6.30. The fraction of sp³-hybridized carbons (Fsp3) is 0.316. The second kappa shape index (κ2) is 8.06. The van der Waals surface area contributed by atoms with Crippen LogP contribution >= 0.6 is 11.6 Å². The van der Waals surface area contributed by atoms with E-state index >= 15 is 0 Å². The van der Waals surface area contributed by atoms with Gasteiger partial charge in [0, 0.05) is 5.02 Å². The Balaban J connectivity index is 1.82. The van der Waals surface area contributed by atoms with E-state index in [4.69, 9.17) is 21.1 Å². The van der Waals surface area contributed by atoms with Gasteiger partial charge in [0.2, 0.25) is 5.91 Å². The molecule has 0 fully saturated rings. The number of amides is 1. The highest BCUT2D eigenvalue weighted by atomic mass is 35.5. The molecular weight excluding hydrogens is 326 g/mol. The zero-order valence-corrected chi connectivity index (χ0v) is 14.9. The first-order valence-electron chi connectivity index (χ1n) is 7.74. The van der Waals surface area contributed by atoms with E-state index in [9.17, 15) is 4.79 Å². The molecule has 128 valence electrons. The second-order valence-corrected chi connectivity index (χ2v) is 6.35. The van der Waals surface area contributed by atoms with Crippen LogP contribution in [0.4, 0.5) is 0 Å². The number of ether oxygens (including phenoxy) is 2. The van der Waals surface area contributed by atoms with E-state index in [-0.39, 0.29) is 5.91 Å². The molecule has 0 saturated carbocycles. The fourth-order valence-corrected chi connectivity index (χ4v) is 2.35. The topological polar surface area (TPSA) is 47.6 Å². The molecule has 0 aliphatic rings. The van der Waals surface area contributed by atoms with E-state index in [1.54, 1.807) is 19.2 Å². The molecule has 0 bridgehead atoms. The summed E-state index contributed by atoms with van der Waals surface area (Å²) < 4.78 is 10.7. The van der Waals surface area contributed by atoms with E-state index in [0.717, 1.165) is 17.1 Å². The van der Waals surface area contributed by atoms with Gasteiger partial charge in [-0.05, 0) is 55.8 Å². The van der Waals surface area contributed by atoms with Crippen LogP contribution in [0.5, 0.6) is 11.5 Å². The van der Waals surface area contributed by atoms with Gasteiger partial charge in [-0.25, -0.2) is 0 Å². The number of halogens is 1. The van der Waals surface area contributed by atoms with Crippen molar-refractivity contribution in [3.63, 3.8) is 0 Å². The summed E-state index contributed by atoms with van der Waals surface area (Å²) >= 11 is 5.90. The second-order valence-electron chi connectivity index (χ2n) is 5.91. The Morgan fingerprint density at radius 3 is 2.21 bits per heavy atom. The van der Waals surface area contributed by atoms with Crippen molar-refractivity contribution in [1.29, 1.82) is 0 Å². The predicted octanol–water partition coefficient (Wildman–Crippen LogP) is 3.82. The monoisotopic (exact) mass is 347 g/mol. The summed E-state index contributed by atoms with van der Waals surface area (Å²) in [5.41, 5.74) is 0.283. The normalized spacial score (nSPS) is 11.0. The third-order valence-electron chi connectivity index (χ3n) is 3.85. The molecule has 0 spiro atoms. The van der Waals surface area contributed by atoms with Crippen molar-refractivity contribution >= 4 is 17.5 Å². The summed E-state index contributed by atoms with van der Waals surface area (Å²) in [6.45, 7) is 4.60. The van der Waals surface area contributed by atoms with Gasteiger partial charge in [0.25, 0.3) is 0 Å². The molecule has 1 N–H and O–H groups in total. The largest absolute Gasteiger partial charge is 0.497 e. The van der Waals surface area contributed by atoms with E-state index in [2.05, 4.69) is 5.32 Å². The zero-order valence-electron chi connectivity index (χ0n) is 14.1. The fourth-order valence-electron chi connectivity index (χ4n) is 2.22. The summed E-state index contributed by atoms with van der Waals surface area (Å²) in [6, 6.07) is 14.6. The van der Waals surface area contributed by atoms with Crippen molar-refractivity contribution in [2.24, 2.45) is 0 Å². The van der Waals surface area contributed by atoms with Gasteiger partial charge >= 0.3 is 0 Å². The highest BCUT2D eigenvalue weighted by Crippen LogP contribution is 2.24. The van der Waals surface area contributed by atoms with Gasteiger partial charge in [-0.15, -0.1) is 0 Å². The first-order valence-corrected chi connectivity index (χ1v) is 8.12. The van der Waals surface area contributed by atoms with Gasteiger partial charge in [-0.1, -0.05) is 23.7 Å². The molecule has 2 rings (SSSR count). The number of hydrogen-bond donors (Lipinski definition) is 1. The van der Waals surface area contributed by atoms with Crippen LogP contribution in [0.2, 0.25) is 5.02 Å². The van der Waals surface area contributed by atoms with Crippen molar-refractivity contribution in [2.75, 3.05) is 20.3 Å². The van der Waals surface area contributed by atoms with E-state index < -0.39 is 5.41 Å². The predicted molar refractivity (Wildman–Crippen MR) is 96.0 cm³/mol. The Labute approximate surface area is 147 Å². The van der Waals surface area contributed by atoms with Crippen LogP contribution in [-0.2, 0) is 10.2 Å². The molecule has 5 heteroatoms. The molecule has 24 heavy (non-hydrogen) atoms. The number of carbonyl (C=O) groups excluding carboxylic acids is 1. The summed E-state index contributed by atoms with van der Waals surface area (Å²) in [6.07, 6.45) is 0. The van der Waals surface area contributed by atoms with Crippen molar-refractivity contribution in [1.82, 2.24) is 5.32 Å². The van der Waals surface area contributed by atoms with Crippen molar-refractivity contribution < 1.29 is 14.3 Å². The highest BCUT2D eigenvalue weighted by Gasteiger charge is 2.29.